The van der Waals surface area contributed by atoms with Gasteiger partial charge in [-0.3, -0.25) is 19.4 Å². The van der Waals surface area contributed by atoms with E-state index in [1.807, 2.05) is 0 Å². The second-order valence-corrected chi connectivity index (χ2v) is 3.93. The van der Waals surface area contributed by atoms with Gasteiger partial charge in [0.2, 0.25) is 5.91 Å². The molecule has 6 nitrogen and oxygen atoms in total. The Hall–Kier alpha value is -1.56. The quantitative estimate of drug-likeness (QED) is 0.709. The molecule has 2 rings (SSSR count). The zero-order chi connectivity index (χ0) is 11.7. The van der Waals surface area contributed by atoms with E-state index in [-0.39, 0.29) is 17.6 Å². The first-order valence-corrected chi connectivity index (χ1v) is 5.21. The minimum Gasteiger partial charge on any atom is -0.368 e. The van der Waals surface area contributed by atoms with Crippen LogP contribution in [0, 0.1) is 0 Å². The Balaban J connectivity index is 2.15. The number of hydrogen-bond donors (Lipinski definition) is 1. The first kappa shape index (κ1) is 10.9. The molecule has 1 fully saturated rings. The van der Waals surface area contributed by atoms with E-state index in [1.165, 1.54) is 17.7 Å². The summed E-state index contributed by atoms with van der Waals surface area (Å²) >= 11 is 0. The summed E-state index contributed by atoms with van der Waals surface area (Å²) in [5.74, 6) is 0.0339. The van der Waals surface area contributed by atoms with Crippen LogP contribution < -0.4 is 5.56 Å². The molecule has 2 heterocycles. The van der Waals surface area contributed by atoms with Gasteiger partial charge in [-0.2, -0.15) is 0 Å². The van der Waals surface area contributed by atoms with E-state index in [0.717, 1.165) is 5.69 Å². The van der Waals surface area contributed by atoms with Crippen molar-refractivity contribution in [2.45, 2.75) is 13.0 Å². The average molecular weight is 225 g/mol. The number of aromatic nitrogens is 2. The molecule has 1 aliphatic rings. The maximum absolute atomic E-state index is 11.3. The Morgan fingerprint density at radius 1 is 1.62 bits per heavy atom. The second-order valence-electron chi connectivity index (χ2n) is 3.93. The number of nitrogens with zero attached hydrogens (tertiary/aromatic N) is 2. The molecule has 0 unspecified atom stereocenters. The first-order valence-electron chi connectivity index (χ1n) is 5.21. The topological polar surface area (TPSA) is 67.3 Å². The van der Waals surface area contributed by atoms with E-state index in [1.54, 1.807) is 11.9 Å². The fourth-order valence-corrected chi connectivity index (χ4v) is 1.80. The van der Waals surface area contributed by atoms with Gasteiger partial charge >= 0.3 is 0 Å². The number of nitrogens with one attached hydrogen (secondary N) is 1. The highest BCUT2D eigenvalue weighted by atomic mass is 16.5. The van der Waals surface area contributed by atoms with E-state index < -0.39 is 0 Å². The van der Waals surface area contributed by atoms with E-state index in [0.29, 0.717) is 19.7 Å². The molecule has 0 aliphatic carbocycles. The molecule has 0 radical (unpaired) electrons. The van der Waals surface area contributed by atoms with Gasteiger partial charge < -0.3 is 9.64 Å². The number of carbonyl (C=O) groups excluding carboxylic acids is 1. The van der Waals surface area contributed by atoms with E-state index in [4.69, 9.17) is 4.74 Å². The molecule has 6 heteroatoms. The Morgan fingerprint density at radius 2 is 2.38 bits per heavy atom. The summed E-state index contributed by atoms with van der Waals surface area (Å²) in [6, 6.07) is 1.51. The molecule has 0 aromatic carbocycles. The minimum absolute atomic E-state index is 0.0339. The molecule has 16 heavy (non-hydrogen) atoms. The third kappa shape index (κ3) is 2.01. The molecule has 1 aromatic heterocycles. The Bertz CT molecular complexity index is 448. The van der Waals surface area contributed by atoms with Crippen molar-refractivity contribution in [3.63, 3.8) is 0 Å². The third-order valence-corrected chi connectivity index (χ3v) is 2.77. The van der Waals surface area contributed by atoms with Crippen molar-refractivity contribution < 1.29 is 9.53 Å². The molecule has 88 valence electrons. The molecule has 1 atom stereocenters. The highest BCUT2D eigenvalue weighted by Crippen LogP contribution is 2.19. The van der Waals surface area contributed by atoms with Crippen LogP contribution in [-0.2, 0) is 16.6 Å². The van der Waals surface area contributed by atoms with Crippen LogP contribution >= 0.6 is 0 Å². The lowest BCUT2D eigenvalue weighted by atomic mass is 10.2. The SMILES string of the molecule is CC(=O)N1CCO[C@@H](c2cc(=O)n(C)[nH]2)C1. The Kier molecular flexibility index (Phi) is 2.82. The lowest BCUT2D eigenvalue weighted by Crippen LogP contribution is -2.41. The second kappa shape index (κ2) is 4.13. The zero-order valence-electron chi connectivity index (χ0n) is 9.40. The number of carbonyl (C=O) groups is 1. The lowest BCUT2D eigenvalue weighted by molar-refractivity contribution is -0.136. The highest BCUT2D eigenvalue weighted by molar-refractivity contribution is 5.73. The third-order valence-electron chi connectivity index (χ3n) is 2.77. The number of hydrogen-bond acceptors (Lipinski definition) is 3. The van der Waals surface area contributed by atoms with Gasteiger partial charge in [0, 0.05) is 26.6 Å². The van der Waals surface area contributed by atoms with Gasteiger partial charge in [-0.15, -0.1) is 0 Å². The smallest absolute Gasteiger partial charge is 0.266 e. The Morgan fingerprint density at radius 3 is 2.94 bits per heavy atom. The zero-order valence-corrected chi connectivity index (χ0v) is 9.40. The molecular weight excluding hydrogens is 210 g/mol. The number of morpholine rings is 1. The van der Waals surface area contributed by atoms with Crippen molar-refractivity contribution in [1.82, 2.24) is 14.7 Å². The van der Waals surface area contributed by atoms with E-state index in [2.05, 4.69) is 5.10 Å². The molecule has 0 bridgehead atoms. The average Bonchev–Trinajstić information content (AvgIpc) is 2.59. The summed E-state index contributed by atoms with van der Waals surface area (Å²) in [7, 11) is 1.65. The van der Waals surface area contributed by atoms with Gasteiger partial charge in [-0.1, -0.05) is 0 Å². The van der Waals surface area contributed by atoms with Gasteiger partial charge in [0.1, 0.15) is 6.10 Å². The maximum atomic E-state index is 11.3. The number of H-pyrrole nitrogens is 1. The summed E-state index contributed by atoms with van der Waals surface area (Å²) in [6.45, 7) is 3.15. The fourth-order valence-electron chi connectivity index (χ4n) is 1.80. The van der Waals surface area contributed by atoms with Gasteiger partial charge in [0.25, 0.3) is 5.56 Å². The number of aromatic amines is 1. The maximum Gasteiger partial charge on any atom is 0.266 e. The van der Waals surface area contributed by atoms with Crippen LogP contribution in [0.5, 0.6) is 0 Å². The van der Waals surface area contributed by atoms with Gasteiger partial charge in [-0.05, 0) is 0 Å². The van der Waals surface area contributed by atoms with E-state index >= 15 is 0 Å². The normalized spacial score (nSPS) is 21.1. The van der Waals surface area contributed by atoms with Gasteiger partial charge in [0.05, 0.1) is 18.8 Å². The van der Waals surface area contributed by atoms with Crippen LogP contribution in [0.2, 0.25) is 0 Å². The largest absolute Gasteiger partial charge is 0.368 e. The summed E-state index contributed by atoms with van der Waals surface area (Å²) in [5, 5.41) is 2.91. The van der Waals surface area contributed by atoms with Crippen molar-refractivity contribution >= 4 is 5.91 Å². The number of amides is 1. The van der Waals surface area contributed by atoms with E-state index in [9.17, 15) is 9.59 Å². The van der Waals surface area contributed by atoms with Crippen LogP contribution in [0.3, 0.4) is 0 Å². The Labute approximate surface area is 92.8 Å². The van der Waals surface area contributed by atoms with Crippen molar-refractivity contribution in [3.05, 3.63) is 22.1 Å². The van der Waals surface area contributed by atoms with Crippen LogP contribution in [0.4, 0.5) is 0 Å². The molecule has 1 saturated heterocycles. The van der Waals surface area contributed by atoms with Crippen LogP contribution in [0.1, 0.15) is 18.7 Å². The van der Waals surface area contributed by atoms with Crippen molar-refractivity contribution in [2.24, 2.45) is 7.05 Å². The number of ether oxygens (including phenoxy) is 1. The van der Waals surface area contributed by atoms with Crippen LogP contribution in [0.25, 0.3) is 0 Å². The summed E-state index contributed by atoms with van der Waals surface area (Å²) < 4.78 is 6.93. The predicted molar refractivity (Wildman–Crippen MR) is 57.0 cm³/mol. The lowest BCUT2D eigenvalue weighted by Gasteiger charge is -2.31. The predicted octanol–water partition coefficient (Wildman–Crippen LogP) is -0.367. The first-order chi connectivity index (χ1) is 7.58. The fraction of sp³-hybridized carbons (Fsp3) is 0.600. The number of aryl methyl sites for hydroxylation is 1. The standard InChI is InChI=1S/C10H15N3O3/c1-7(14)13-3-4-16-9(6-13)8-5-10(15)12(2)11-8/h5,9,11H,3-4,6H2,1-2H3/t9-/m1/s1. The van der Waals surface area contributed by atoms with Gasteiger partial charge in [-0.25, -0.2) is 0 Å². The molecule has 1 amide bonds. The molecule has 0 spiro atoms. The molecule has 1 aliphatic heterocycles. The summed E-state index contributed by atoms with van der Waals surface area (Å²) in [4.78, 5) is 24.3. The highest BCUT2D eigenvalue weighted by Gasteiger charge is 2.24. The molecule has 0 saturated carbocycles. The van der Waals surface area contributed by atoms with Crippen molar-refractivity contribution in [2.75, 3.05) is 19.7 Å². The number of rotatable bonds is 1. The summed E-state index contributed by atoms with van der Waals surface area (Å²) in [5.41, 5.74) is 0.622. The monoisotopic (exact) mass is 225 g/mol. The van der Waals surface area contributed by atoms with Crippen LogP contribution in [0.15, 0.2) is 10.9 Å². The van der Waals surface area contributed by atoms with Crippen molar-refractivity contribution in [3.8, 4) is 0 Å². The molecule has 1 aromatic rings. The van der Waals surface area contributed by atoms with Gasteiger partial charge in [0.15, 0.2) is 0 Å². The minimum atomic E-state index is -0.230. The molecular formula is C10H15N3O3. The van der Waals surface area contributed by atoms with Crippen LogP contribution in [-0.4, -0.2) is 40.3 Å². The molecule has 1 N–H and O–H groups in total. The van der Waals surface area contributed by atoms with Crippen molar-refractivity contribution in [1.29, 1.82) is 0 Å². The summed E-state index contributed by atoms with van der Waals surface area (Å²) in [6.07, 6.45) is -0.230.